The molecule has 13 heavy (non-hydrogen) atoms. The number of hydrogen-bond donors (Lipinski definition) is 0. The second-order valence-electron chi connectivity index (χ2n) is 2.56. The minimum Gasteiger partial charge on any atom is -0.469 e. The predicted molar refractivity (Wildman–Crippen MR) is 51.2 cm³/mol. The number of esters is 1. The van der Waals surface area contributed by atoms with Crippen LogP contribution < -0.4 is 0 Å². The Hall–Kier alpha value is -0.840. The minimum absolute atomic E-state index is 0.178. The summed E-state index contributed by atoms with van der Waals surface area (Å²) >= 11 is 3.33. The maximum atomic E-state index is 10.8. The lowest BCUT2D eigenvalue weighted by atomic mass is 10.3. The van der Waals surface area contributed by atoms with Gasteiger partial charge in [-0.3, -0.25) is 9.48 Å². The van der Waals surface area contributed by atoms with Crippen LogP contribution in [-0.2, 0) is 16.1 Å². The molecule has 0 bridgehead atoms. The van der Waals surface area contributed by atoms with Crippen molar-refractivity contribution < 1.29 is 9.53 Å². The molecule has 1 aromatic heterocycles. The number of halogens is 1. The van der Waals surface area contributed by atoms with Gasteiger partial charge < -0.3 is 4.74 Å². The second-order valence-corrected chi connectivity index (χ2v) is 3.37. The highest BCUT2D eigenvalue weighted by molar-refractivity contribution is 9.10. The molecule has 0 fully saturated rings. The number of aryl methyl sites for hydroxylation is 1. The molecule has 0 unspecified atom stereocenters. The van der Waals surface area contributed by atoms with E-state index in [0.717, 1.165) is 17.6 Å². The summed E-state index contributed by atoms with van der Waals surface area (Å²) in [6.07, 6.45) is 2.89. The third-order valence-electron chi connectivity index (χ3n) is 1.64. The number of rotatable bonds is 4. The van der Waals surface area contributed by atoms with E-state index in [0.29, 0.717) is 6.42 Å². The Balaban J connectivity index is 2.28. The van der Waals surface area contributed by atoms with Crippen LogP contribution in [0.15, 0.2) is 16.9 Å². The molecule has 4 nitrogen and oxygen atoms in total. The Morgan fingerprint density at radius 2 is 2.54 bits per heavy atom. The molecular weight excluding hydrogens is 236 g/mol. The minimum atomic E-state index is -0.178. The molecule has 72 valence electrons. The fourth-order valence-electron chi connectivity index (χ4n) is 0.956. The zero-order chi connectivity index (χ0) is 9.68. The molecule has 5 heteroatoms. The van der Waals surface area contributed by atoms with Crippen LogP contribution in [0.2, 0.25) is 0 Å². The zero-order valence-electron chi connectivity index (χ0n) is 7.36. The van der Waals surface area contributed by atoms with Crippen molar-refractivity contribution in [2.75, 3.05) is 7.11 Å². The molecule has 0 saturated carbocycles. The first-order valence-electron chi connectivity index (χ1n) is 3.98. The molecule has 0 saturated heterocycles. The van der Waals surface area contributed by atoms with Crippen LogP contribution in [0.3, 0.4) is 0 Å². The summed E-state index contributed by atoms with van der Waals surface area (Å²) in [4.78, 5) is 10.8. The summed E-state index contributed by atoms with van der Waals surface area (Å²) in [5.74, 6) is -0.178. The Kier molecular flexibility index (Phi) is 3.95. The van der Waals surface area contributed by atoms with E-state index in [1.165, 1.54) is 7.11 Å². The number of carbonyl (C=O) groups is 1. The highest BCUT2D eigenvalue weighted by Gasteiger charge is 2.01. The molecule has 0 aliphatic carbocycles. The van der Waals surface area contributed by atoms with Crippen LogP contribution in [0, 0.1) is 0 Å². The van der Waals surface area contributed by atoms with Crippen LogP contribution in [0.1, 0.15) is 12.8 Å². The molecule has 0 N–H and O–H groups in total. The van der Waals surface area contributed by atoms with Gasteiger partial charge in [-0.15, -0.1) is 0 Å². The number of ether oxygens (including phenoxy) is 1. The highest BCUT2D eigenvalue weighted by atomic mass is 79.9. The molecule has 0 radical (unpaired) electrons. The molecule has 0 aliphatic rings. The lowest BCUT2D eigenvalue weighted by Crippen LogP contribution is -2.05. The van der Waals surface area contributed by atoms with E-state index in [-0.39, 0.29) is 5.97 Å². The first kappa shape index (κ1) is 10.2. The van der Waals surface area contributed by atoms with Crippen molar-refractivity contribution in [3.05, 3.63) is 16.9 Å². The Labute approximate surface area is 85.0 Å². The van der Waals surface area contributed by atoms with Gasteiger partial charge in [0.25, 0.3) is 0 Å². The first-order chi connectivity index (χ1) is 6.24. The predicted octanol–water partition coefficient (Wildman–Crippen LogP) is 1.60. The molecule has 0 spiro atoms. The van der Waals surface area contributed by atoms with Crippen molar-refractivity contribution >= 4 is 21.9 Å². The van der Waals surface area contributed by atoms with Crippen LogP contribution in [0.5, 0.6) is 0 Å². The fraction of sp³-hybridized carbons (Fsp3) is 0.500. The van der Waals surface area contributed by atoms with Crippen LogP contribution in [-0.4, -0.2) is 22.9 Å². The number of hydrogen-bond acceptors (Lipinski definition) is 3. The van der Waals surface area contributed by atoms with Gasteiger partial charge in [0.15, 0.2) is 0 Å². The summed E-state index contributed by atoms with van der Waals surface area (Å²) in [6, 6.07) is 1.86. The summed E-state index contributed by atoms with van der Waals surface area (Å²) < 4.78 is 7.24. The fourth-order valence-corrected chi connectivity index (χ4v) is 1.34. The van der Waals surface area contributed by atoms with Crippen LogP contribution in [0.4, 0.5) is 0 Å². The Bertz CT molecular complexity index is 285. The standard InChI is InChI=1S/C8H11BrN2O2/c1-13-8(12)3-2-6-11-7(9)4-5-10-11/h4-5H,2-3,6H2,1H3. The highest BCUT2D eigenvalue weighted by Crippen LogP contribution is 2.08. The average molecular weight is 247 g/mol. The molecule has 0 atom stereocenters. The van der Waals surface area contributed by atoms with E-state index in [9.17, 15) is 4.79 Å². The molecule has 1 heterocycles. The largest absolute Gasteiger partial charge is 0.469 e. The van der Waals surface area contributed by atoms with Crippen molar-refractivity contribution in [1.82, 2.24) is 9.78 Å². The lowest BCUT2D eigenvalue weighted by Gasteiger charge is -2.01. The van der Waals surface area contributed by atoms with Crippen molar-refractivity contribution in [2.45, 2.75) is 19.4 Å². The molecule has 0 amide bonds. The quantitative estimate of drug-likeness (QED) is 0.759. The molecular formula is C8H11BrN2O2. The number of methoxy groups -OCH3 is 1. The van der Waals surface area contributed by atoms with Crippen molar-refractivity contribution in [3.63, 3.8) is 0 Å². The Morgan fingerprint density at radius 1 is 1.77 bits per heavy atom. The smallest absolute Gasteiger partial charge is 0.305 e. The summed E-state index contributed by atoms with van der Waals surface area (Å²) in [6.45, 7) is 0.725. The molecule has 0 aliphatic heterocycles. The third kappa shape index (κ3) is 3.18. The number of aromatic nitrogens is 2. The van der Waals surface area contributed by atoms with E-state index in [1.54, 1.807) is 10.9 Å². The summed E-state index contributed by atoms with van der Waals surface area (Å²) in [7, 11) is 1.40. The molecule has 1 aromatic rings. The maximum Gasteiger partial charge on any atom is 0.305 e. The van der Waals surface area contributed by atoms with E-state index >= 15 is 0 Å². The third-order valence-corrected chi connectivity index (χ3v) is 2.32. The monoisotopic (exact) mass is 246 g/mol. The van der Waals surface area contributed by atoms with Gasteiger partial charge in [0.1, 0.15) is 4.60 Å². The topological polar surface area (TPSA) is 44.1 Å². The molecule has 0 aromatic carbocycles. The second kappa shape index (κ2) is 5.01. The number of nitrogens with zero attached hydrogens (tertiary/aromatic N) is 2. The normalized spacial score (nSPS) is 10.0. The van der Waals surface area contributed by atoms with Gasteiger partial charge in [0, 0.05) is 13.0 Å². The maximum absolute atomic E-state index is 10.8. The Morgan fingerprint density at radius 3 is 3.08 bits per heavy atom. The van der Waals surface area contributed by atoms with E-state index in [2.05, 4.69) is 25.8 Å². The van der Waals surface area contributed by atoms with Gasteiger partial charge in [-0.1, -0.05) is 0 Å². The molecule has 1 rings (SSSR count). The zero-order valence-corrected chi connectivity index (χ0v) is 8.95. The van der Waals surface area contributed by atoms with E-state index in [1.807, 2.05) is 6.07 Å². The summed E-state index contributed by atoms with van der Waals surface area (Å²) in [5, 5.41) is 4.06. The van der Waals surface area contributed by atoms with Crippen molar-refractivity contribution in [2.24, 2.45) is 0 Å². The van der Waals surface area contributed by atoms with Gasteiger partial charge in [-0.05, 0) is 28.4 Å². The lowest BCUT2D eigenvalue weighted by molar-refractivity contribution is -0.140. The van der Waals surface area contributed by atoms with Crippen LogP contribution in [0.25, 0.3) is 0 Å². The van der Waals surface area contributed by atoms with Gasteiger partial charge >= 0.3 is 5.97 Å². The van der Waals surface area contributed by atoms with Gasteiger partial charge in [-0.25, -0.2) is 0 Å². The van der Waals surface area contributed by atoms with E-state index in [4.69, 9.17) is 0 Å². The van der Waals surface area contributed by atoms with Crippen LogP contribution >= 0.6 is 15.9 Å². The first-order valence-corrected chi connectivity index (χ1v) is 4.77. The average Bonchev–Trinajstić information content (AvgIpc) is 2.52. The van der Waals surface area contributed by atoms with Crippen molar-refractivity contribution in [1.29, 1.82) is 0 Å². The van der Waals surface area contributed by atoms with Crippen molar-refractivity contribution in [3.8, 4) is 0 Å². The van der Waals surface area contributed by atoms with Gasteiger partial charge in [0.2, 0.25) is 0 Å². The summed E-state index contributed by atoms with van der Waals surface area (Å²) in [5.41, 5.74) is 0. The van der Waals surface area contributed by atoms with Gasteiger partial charge in [0.05, 0.1) is 13.3 Å². The SMILES string of the molecule is COC(=O)CCCn1nccc1Br. The van der Waals surface area contributed by atoms with Gasteiger partial charge in [-0.2, -0.15) is 5.10 Å². The number of carbonyl (C=O) groups excluding carboxylic acids is 1. The van der Waals surface area contributed by atoms with E-state index < -0.39 is 0 Å².